The van der Waals surface area contributed by atoms with Gasteiger partial charge in [0.05, 0.1) is 16.7 Å². The maximum Gasteiger partial charge on any atom is 0.160 e. The summed E-state index contributed by atoms with van der Waals surface area (Å²) in [5, 5.41) is 2.58. The Morgan fingerprint density at radius 3 is 2.08 bits per heavy atom. The summed E-state index contributed by atoms with van der Waals surface area (Å²) in [6.45, 7) is 0. The van der Waals surface area contributed by atoms with Crippen LogP contribution >= 0.6 is 0 Å². The van der Waals surface area contributed by atoms with E-state index in [1.807, 2.05) is 0 Å². The van der Waals surface area contributed by atoms with E-state index >= 15 is 0 Å². The van der Waals surface area contributed by atoms with Gasteiger partial charge >= 0.3 is 0 Å². The fourth-order valence-electron chi connectivity index (χ4n) is 7.66. The van der Waals surface area contributed by atoms with Gasteiger partial charge in [-0.15, -0.1) is 0 Å². The first-order chi connectivity index (χ1) is 19.9. The SMILES string of the molecule is c1ccc(-c2nc3ccccc3n2-c2c(C3CCCCC3)cc(C3CCCCC3)c3c2oc2ccccc23)cc1. The average molecular weight is 525 g/mol. The van der Waals surface area contributed by atoms with Gasteiger partial charge in [-0.3, -0.25) is 4.57 Å². The third kappa shape index (κ3) is 3.90. The number of hydrogen-bond acceptors (Lipinski definition) is 2. The second-order valence-electron chi connectivity index (χ2n) is 12.0. The molecule has 2 aliphatic rings. The van der Waals surface area contributed by atoms with Crippen LogP contribution in [0.3, 0.4) is 0 Å². The molecule has 0 N–H and O–H groups in total. The van der Waals surface area contributed by atoms with Crippen LogP contribution in [0.2, 0.25) is 0 Å². The van der Waals surface area contributed by atoms with E-state index in [1.54, 1.807) is 0 Å². The fraction of sp³-hybridized carbons (Fsp3) is 0.324. The van der Waals surface area contributed by atoms with Gasteiger partial charge in [0, 0.05) is 16.3 Å². The molecule has 4 aromatic carbocycles. The summed E-state index contributed by atoms with van der Waals surface area (Å²) >= 11 is 0. The molecule has 3 nitrogen and oxygen atoms in total. The normalized spacial score (nSPS) is 17.3. The molecule has 0 bridgehead atoms. The van der Waals surface area contributed by atoms with E-state index in [2.05, 4.69) is 89.5 Å². The highest BCUT2D eigenvalue weighted by Gasteiger charge is 2.30. The van der Waals surface area contributed by atoms with Crippen molar-refractivity contribution in [3.8, 4) is 17.1 Å². The highest BCUT2D eigenvalue weighted by molar-refractivity contribution is 6.10. The monoisotopic (exact) mass is 524 g/mol. The van der Waals surface area contributed by atoms with Gasteiger partial charge < -0.3 is 4.42 Å². The van der Waals surface area contributed by atoms with E-state index in [0.29, 0.717) is 11.8 Å². The first-order valence-corrected chi connectivity index (χ1v) is 15.4. The molecule has 3 heteroatoms. The number of para-hydroxylation sites is 3. The summed E-state index contributed by atoms with van der Waals surface area (Å²) in [6.07, 6.45) is 13.0. The van der Waals surface area contributed by atoms with Crippen molar-refractivity contribution < 1.29 is 4.42 Å². The molecule has 2 fully saturated rings. The van der Waals surface area contributed by atoms with Crippen LogP contribution in [0.5, 0.6) is 0 Å². The summed E-state index contributed by atoms with van der Waals surface area (Å²) in [7, 11) is 0. The molecule has 2 saturated carbocycles. The van der Waals surface area contributed by atoms with Gasteiger partial charge in [-0.05, 0) is 66.8 Å². The van der Waals surface area contributed by atoms with Crippen LogP contribution in [-0.4, -0.2) is 9.55 Å². The maximum atomic E-state index is 6.96. The molecule has 0 unspecified atom stereocenters. The van der Waals surface area contributed by atoms with Crippen molar-refractivity contribution in [1.29, 1.82) is 0 Å². The molecule has 0 radical (unpaired) electrons. The Balaban J connectivity index is 1.52. The quantitative estimate of drug-likeness (QED) is 0.230. The highest BCUT2D eigenvalue weighted by atomic mass is 16.3. The molecule has 2 aliphatic carbocycles. The Hall–Kier alpha value is -3.85. The number of nitrogens with zero attached hydrogens (tertiary/aromatic N) is 2. The minimum Gasteiger partial charge on any atom is -0.454 e. The van der Waals surface area contributed by atoms with Crippen molar-refractivity contribution in [2.75, 3.05) is 0 Å². The van der Waals surface area contributed by atoms with Crippen molar-refractivity contribution in [2.45, 2.75) is 76.0 Å². The lowest BCUT2D eigenvalue weighted by atomic mass is 9.77. The van der Waals surface area contributed by atoms with Crippen LogP contribution in [0.4, 0.5) is 0 Å². The Morgan fingerprint density at radius 2 is 1.30 bits per heavy atom. The maximum absolute atomic E-state index is 6.96. The predicted molar refractivity (Wildman–Crippen MR) is 165 cm³/mol. The molecule has 0 saturated heterocycles. The van der Waals surface area contributed by atoms with Gasteiger partial charge in [-0.1, -0.05) is 105 Å². The number of hydrogen-bond donors (Lipinski definition) is 0. The Labute approximate surface area is 235 Å². The third-order valence-corrected chi connectivity index (χ3v) is 9.59. The molecule has 0 amide bonds. The number of furan rings is 1. The summed E-state index contributed by atoms with van der Waals surface area (Å²) in [6, 6.07) is 30.6. The Morgan fingerprint density at radius 1 is 0.650 bits per heavy atom. The standard InChI is InChI=1S/C37H36N2O/c1-4-14-25(15-5-1)29-24-30(26-16-6-2-7-17-26)35(36-34(29)28-20-10-13-23-33(28)40-36)39-32-22-12-11-21-31(32)38-37(39)27-18-8-3-9-19-27/h3,8-13,18-26H,1-2,4-7,14-17H2. The molecule has 2 aromatic heterocycles. The summed E-state index contributed by atoms with van der Waals surface area (Å²) in [5.74, 6) is 2.13. The highest BCUT2D eigenvalue weighted by Crippen LogP contribution is 2.48. The van der Waals surface area contributed by atoms with E-state index < -0.39 is 0 Å². The van der Waals surface area contributed by atoms with Crippen molar-refractivity contribution >= 4 is 33.0 Å². The topological polar surface area (TPSA) is 31.0 Å². The summed E-state index contributed by atoms with van der Waals surface area (Å²) in [4.78, 5) is 5.24. The Bertz CT molecular complexity index is 1810. The van der Waals surface area contributed by atoms with Gasteiger partial charge in [0.2, 0.25) is 0 Å². The van der Waals surface area contributed by atoms with Gasteiger partial charge in [-0.25, -0.2) is 4.98 Å². The number of fused-ring (bicyclic) bond motifs is 4. The van der Waals surface area contributed by atoms with E-state index in [1.165, 1.54) is 91.8 Å². The average Bonchev–Trinajstić information content (AvgIpc) is 3.61. The summed E-state index contributed by atoms with van der Waals surface area (Å²) < 4.78 is 9.40. The van der Waals surface area contributed by atoms with Crippen molar-refractivity contribution in [3.05, 3.63) is 96.1 Å². The van der Waals surface area contributed by atoms with Gasteiger partial charge in [-0.2, -0.15) is 0 Å². The Kier molecular flexibility index (Phi) is 5.97. The molecule has 40 heavy (non-hydrogen) atoms. The second kappa shape index (κ2) is 9.96. The van der Waals surface area contributed by atoms with Crippen LogP contribution < -0.4 is 0 Å². The number of imidazole rings is 1. The zero-order valence-electron chi connectivity index (χ0n) is 23.1. The minimum atomic E-state index is 0.536. The molecule has 8 rings (SSSR count). The van der Waals surface area contributed by atoms with Crippen molar-refractivity contribution in [3.63, 3.8) is 0 Å². The molecule has 0 aliphatic heterocycles. The van der Waals surface area contributed by atoms with Crippen LogP contribution in [0.1, 0.15) is 87.2 Å². The molecule has 2 heterocycles. The van der Waals surface area contributed by atoms with Gasteiger partial charge in [0.25, 0.3) is 0 Å². The van der Waals surface area contributed by atoms with Crippen LogP contribution in [0.25, 0.3) is 50.0 Å². The van der Waals surface area contributed by atoms with Crippen LogP contribution in [0.15, 0.2) is 89.3 Å². The molecule has 0 atom stereocenters. The molecule has 200 valence electrons. The second-order valence-corrected chi connectivity index (χ2v) is 12.0. The van der Waals surface area contributed by atoms with Crippen molar-refractivity contribution in [1.82, 2.24) is 9.55 Å². The first kappa shape index (κ1) is 24.0. The lowest BCUT2D eigenvalue weighted by molar-refractivity contribution is 0.436. The van der Waals surface area contributed by atoms with E-state index in [9.17, 15) is 0 Å². The smallest absolute Gasteiger partial charge is 0.160 e. The molecule has 0 spiro atoms. The van der Waals surface area contributed by atoms with E-state index in [4.69, 9.17) is 9.40 Å². The predicted octanol–water partition coefficient (Wildman–Crippen LogP) is 10.7. The van der Waals surface area contributed by atoms with Gasteiger partial charge in [0.1, 0.15) is 11.4 Å². The largest absolute Gasteiger partial charge is 0.454 e. The van der Waals surface area contributed by atoms with Crippen LogP contribution in [-0.2, 0) is 0 Å². The third-order valence-electron chi connectivity index (χ3n) is 9.59. The van der Waals surface area contributed by atoms with Crippen molar-refractivity contribution in [2.24, 2.45) is 0 Å². The zero-order chi connectivity index (χ0) is 26.5. The lowest BCUT2D eigenvalue weighted by Crippen LogP contribution is -2.13. The number of aromatic nitrogens is 2. The lowest BCUT2D eigenvalue weighted by Gasteiger charge is -2.29. The number of benzene rings is 4. The van der Waals surface area contributed by atoms with E-state index in [-0.39, 0.29) is 0 Å². The molecular weight excluding hydrogens is 488 g/mol. The fourth-order valence-corrected chi connectivity index (χ4v) is 7.66. The number of rotatable bonds is 4. The first-order valence-electron chi connectivity index (χ1n) is 15.4. The molecular formula is C37H36N2O. The van der Waals surface area contributed by atoms with E-state index in [0.717, 1.165) is 33.6 Å². The minimum absolute atomic E-state index is 0.536. The van der Waals surface area contributed by atoms with Crippen LogP contribution in [0, 0.1) is 0 Å². The van der Waals surface area contributed by atoms with Gasteiger partial charge in [0.15, 0.2) is 5.58 Å². The summed E-state index contributed by atoms with van der Waals surface area (Å²) in [5.41, 5.74) is 9.54. The molecule has 6 aromatic rings. The zero-order valence-corrected chi connectivity index (χ0v) is 23.1.